The number of rotatable bonds is 10. The molecule has 8 heteroatoms. The molecule has 3 rings (SSSR count). The van der Waals surface area contributed by atoms with Crippen LogP contribution in [0, 0.1) is 5.82 Å². The third-order valence-corrected chi connectivity index (χ3v) is 4.82. The highest BCUT2D eigenvalue weighted by Crippen LogP contribution is 2.36. The molecule has 0 bridgehead atoms. The van der Waals surface area contributed by atoms with Crippen molar-refractivity contribution in [3.05, 3.63) is 83.7 Å². The minimum Gasteiger partial charge on any atom is -0.497 e. The van der Waals surface area contributed by atoms with E-state index in [0.717, 1.165) is 0 Å². The van der Waals surface area contributed by atoms with Crippen LogP contribution < -0.4 is 14.2 Å². The standard InChI is InChI=1S/C25H24F4O4/c1-3-32-20-7-5-18(6-8-20)22(25(27,28)29)16-31-15-17-4-13-23(26)24(14-17)33-21-11-9-19(30-2)10-12-21/h4-14,22H,3,15-16H2,1-2H3. The Morgan fingerprint density at radius 2 is 1.48 bits per heavy atom. The van der Waals surface area contributed by atoms with Gasteiger partial charge in [0.05, 0.1) is 26.9 Å². The Balaban J connectivity index is 1.65. The van der Waals surface area contributed by atoms with Crippen LogP contribution in [-0.2, 0) is 11.3 Å². The summed E-state index contributed by atoms with van der Waals surface area (Å²) in [6.45, 7) is 1.50. The molecule has 0 fully saturated rings. The lowest BCUT2D eigenvalue weighted by atomic mass is 9.99. The molecule has 0 aromatic heterocycles. The molecule has 1 atom stereocenters. The zero-order chi connectivity index (χ0) is 23.8. The molecule has 0 heterocycles. The van der Waals surface area contributed by atoms with E-state index in [2.05, 4.69) is 0 Å². The predicted octanol–water partition coefficient (Wildman–Crippen LogP) is 6.89. The predicted molar refractivity (Wildman–Crippen MR) is 116 cm³/mol. The highest BCUT2D eigenvalue weighted by molar-refractivity contribution is 5.37. The van der Waals surface area contributed by atoms with E-state index in [0.29, 0.717) is 29.4 Å². The number of halogens is 4. The lowest BCUT2D eigenvalue weighted by Gasteiger charge is -2.21. The van der Waals surface area contributed by atoms with Gasteiger partial charge in [-0.2, -0.15) is 13.2 Å². The molecule has 1 unspecified atom stereocenters. The van der Waals surface area contributed by atoms with Crippen molar-refractivity contribution in [2.24, 2.45) is 0 Å². The first-order valence-corrected chi connectivity index (χ1v) is 10.3. The maximum absolute atomic E-state index is 14.2. The fourth-order valence-corrected chi connectivity index (χ4v) is 3.12. The number of alkyl halides is 3. The monoisotopic (exact) mass is 464 g/mol. The first kappa shape index (κ1) is 24.4. The summed E-state index contributed by atoms with van der Waals surface area (Å²) in [6, 6.07) is 16.4. The zero-order valence-electron chi connectivity index (χ0n) is 18.2. The summed E-state index contributed by atoms with van der Waals surface area (Å²) in [6.07, 6.45) is -4.49. The van der Waals surface area contributed by atoms with Gasteiger partial charge in [0.2, 0.25) is 0 Å². The summed E-state index contributed by atoms with van der Waals surface area (Å²) in [5.74, 6) is -0.947. The zero-order valence-corrected chi connectivity index (χ0v) is 18.2. The Bertz CT molecular complexity index is 1020. The van der Waals surface area contributed by atoms with E-state index in [4.69, 9.17) is 18.9 Å². The van der Waals surface area contributed by atoms with Crippen LogP contribution in [0.15, 0.2) is 66.7 Å². The quantitative estimate of drug-likeness (QED) is 0.306. The van der Waals surface area contributed by atoms with Gasteiger partial charge in [0.25, 0.3) is 0 Å². The molecular weight excluding hydrogens is 440 g/mol. The van der Waals surface area contributed by atoms with Crippen molar-refractivity contribution in [2.45, 2.75) is 25.6 Å². The van der Waals surface area contributed by atoms with Crippen LogP contribution in [0.5, 0.6) is 23.0 Å². The summed E-state index contributed by atoms with van der Waals surface area (Å²) in [5.41, 5.74) is 0.557. The number of ether oxygens (including phenoxy) is 4. The Kier molecular flexibility index (Phi) is 8.16. The molecule has 0 aliphatic heterocycles. The minimum atomic E-state index is -4.49. The number of hydrogen-bond acceptors (Lipinski definition) is 4. The first-order valence-electron chi connectivity index (χ1n) is 10.3. The average Bonchev–Trinajstić information content (AvgIpc) is 2.79. The van der Waals surface area contributed by atoms with E-state index in [-0.39, 0.29) is 17.9 Å². The number of methoxy groups -OCH3 is 1. The number of benzene rings is 3. The second-order valence-corrected chi connectivity index (χ2v) is 7.15. The van der Waals surface area contributed by atoms with Crippen molar-refractivity contribution < 1.29 is 36.5 Å². The van der Waals surface area contributed by atoms with Gasteiger partial charge in [0, 0.05) is 0 Å². The molecule has 0 amide bonds. The Morgan fingerprint density at radius 3 is 2.09 bits per heavy atom. The molecule has 0 N–H and O–H groups in total. The summed E-state index contributed by atoms with van der Waals surface area (Å²) < 4.78 is 76.2. The molecule has 0 spiro atoms. The molecule has 0 aliphatic carbocycles. The van der Waals surface area contributed by atoms with E-state index in [1.165, 1.54) is 49.6 Å². The molecule has 0 saturated heterocycles. The minimum absolute atomic E-state index is 0.0554. The van der Waals surface area contributed by atoms with E-state index in [1.54, 1.807) is 31.2 Å². The molecule has 4 nitrogen and oxygen atoms in total. The normalized spacial score (nSPS) is 12.3. The first-order chi connectivity index (χ1) is 15.8. The van der Waals surface area contributed by atoms with Crippen LogP contribution in [0.25, 0.3) is 0 Å². The van der Waals surface area contributed by atoms with E-state index >= 15 is 0 Å². The van der Waals surface area contributed by atoms with Crippen molar-refractivity contribution in [1.29, 1.82) is 0 Å². The number of hydrogen-bond donors (Lipinski definition) is 0. The second-order valence-electron chi connectivity index (χ2n) is 7.15. The maximum Gasteiger partial charge on any atom is 0.397 e. The fraction of sp³-hybridized carbons (Fsp3) is 0.280. The Hall–Kier alpha value is -3.26. The van der Waals surface area contributed by atoms with Gasteiger partial charge in [-0.3, -0.25) is 0 Å². The molecule has 0 aliphatic rings. The summed E-state index contributed by atoms with van der Waals surface area (Å²) in [4.78, 5) is 0. The SMILES string of the molecule is CCOc1ccc(C(COCc2ccc(F)c(Oc3ccc(OC)cc3)c2)C(F)(F)F)cc1. The lowest BCUT2D eigenvalue weighted by molar-refractivity contribution is -0.163. The van der Waals surface area contributed by atoms with Gasteiger partial charge in [0.15, 0.2) is 11.6 Å². The van der Waals surface area contributed by atoms with Crippen molar-refractivity contribution >= 4 is 0 Å². The van der Waals surface area contributed by atoms with Gasteiger partial charge < -0.3 is 18.9 Å². The van der Waals surface area contributed by atoms with Gasteiger partial charge in [-0.05, 0) is 66.6 Å². The van der Waals surface area contributed by atoms with Gasteiger partial charge >= 0.3 is 6.18 Å². The highest BCUT2D eigenvalue weighted by Gasteiger charge is 2.40. The lowest BCUT2D eigenvalue weighted by Crippen LogP contribution is -2.25. The molecule has 3 aromatic rings. The van der Waals surface area contributed by atoms with Crippen molar-refractivity contribution in [3.8, 4) is 23.0 Å². The summed E-state index contributed by atoms with van der Waals surface area (Å²) in [7, 11) is 1.53. The van der Waals surface area contributed by atoms with E-state index in [9.17, 15) is 17.6 Å². The average molecular weight is 464 g/mol. The largest absolute Gasteiger partial charge is 0.497 e. The van der Waals surface area contributed by atoms with Crippen molar-refractivity contribution in [3.63, 3.8) is 0 Å². The van der Waals surface area contributed by atoms with Crippen molar-refractivity contribution in [2.75, 3.05) is 20.3 Å². The van der Waals surface area contributed by atoms with Gasteiger partial charge in [0.1, 0.15) is 23.2 Å². The van der Waals surface area contributed by atoms with Crippen molar-refractivity contribution in [1.82, 2.24) is 0 Å². The van der Waals surface area contributed by atoms with Gasteiger partial charge in [-0.25, -0.2) is 4.39 Å². The van der Waals surface area contributed by atoms with Crippen LogP contribution in [0.1, 0.15) is 24.0 Å². The highest BCUT2D eigenvalue weighted by atomic mass is 19.4. The molecule has 3 aromatic carbocycles. The third-order valence-electron chi connectivity index (χ3n) is 4.82. The molecular formula is C25H24F4O4. The topological polar surface area (TPSA) is 36.9 Å². The van der Waals surface area contributed by atoms with E-state index < -0.39 is 24.5 Å². The molecule has 33 heavy (non-hydrogen) atoms. The van der Waals surface area contributed by atoms with Crippen LogP contribution >= 0.6 is 0 Å². The molecule has 0 saturated carbocycles. The van der Waals surface area contributed by atoms with E-state index in [1.807, 2.05) is 0 Å². The summed E-state index contributed by atoms with van der Waals surface area (Å²) in [5, 5.41) is 0. The van der Waals surface area contributed by atoms with Gasteiger partial charge in [-0.15, -0.1) is 0 Å². The maximum atomic E-state index is 14.2. The van der Waals surface area contributed by atoms with Crippen LogP contribution in [-0.4, -0.2) is 26.5 Å². The van der Waals surface area contributed by atoms with Crippen LogP contribution in [0.3, 0.4) is 0 Å². The molecule has 176 valence electrons. The smallest absolute Gasteiger partial charge is 0.397 e. The Morgan fingerprint density at radius 1 is 0.848 bits per heavy atom. The third kappa shape index (κ3) is 6.86. The van der Waals surface area contributed by atoms with Crippen LogP contribution in [0.2, 0.25) is 0 Å². The molecule has 0 radical (unpaired) electrons. The fourth-order valence-electron chi connectivity index (χ4n) is 3.12. The van der Waals surface area contributed by atoms with Crippen LogP contribution in [0.4, 0.5) is 17.6 Å². The summed E-state index contributed by atoms with van der Waals surface area (Å²) >= 11 is 0. The Labute approximate surface area is 189 Å². The second kappa shape index (κ2) is 11.0. The van der Waals surface area contributed by atoms with Gasteiger partial charge in [-0.1, -0.05) is 18.2 Å².